The van der Waals surface area contributed by atoms with E-state index in [2.05, 4.69) is 0 Å². The second kappa shape index (κ2) is 7.21. The van der Waals surface area contributed by atoms with Crippen LogP contribution in [0.3, 0.4) is 0 Å². The molecule has 3 rings (SSSR count). The zero-order valence-electron chi connectivity index (χ0n) is 14.7. The predicted octanol–water partition coefficient (Wildman–Crippen LogP) is -0.768. The number of nitrogens with one attached hydrogen (secondary N) is 1. The maximum absolute atomic E-state index is 12.8. The number of ether oxygens (including phenoxy) is 2. The molecule has 2 heterocycles. The van der Waals surface area contributed by atoms with Crippen LogP contribution in [0.4, 0.5) is 0 Å². The van der Waals surface area contributed by atoms with E-state index in [9.17, 15) is 13.2 Å². The first-order chi connectivity index (χ1) is 11.9. The molecule has 1 aromatic carbocycles. The largest absolute Gasteiger partial charge is 0.497 e. The van der Waals surface area contributed by atoms with Crippen LogP contribution in [0, 0.1) is 0 Å². The maximum atomic E-state index is 12.8. The third-order valence-electron chi connectivity index (χ3n) is 5.14. The third kappa shape index (κ3) is 3.90. The van der Waals surface area contributed by atoms with Crippen molar-refractivity contribution in [1.82, 2.24) is 4.90 Å². The highest BCUT2D eigenvalue weighted by Gasteiger charge is 2.37. The van der Waals surface area contributed by atoms with Crippen molar-refractivity contribution in [3.8, 4) is 11.5 Å². The number of hydrogen-bond donors (Lipinski definition) is 1. The standard InChI is InChI=1S/C17H24N2O5S/c1-23-14-3-4-15(16(11-14)24-2)17(20)19-8-6-18(7-9-19)13-5-10-25(21,22)12-13/h3-4,11,13H,5-10,12H2,1-2H3/p+1/t13-/m1/s1. The van der Waals surface area contributed by atoms with Gasteiger partial charge >= 0.3 is 0 Å². The summed E-state index contributed by atoms with van der Waals surface area (Å²) in [6.45, 7) is 2.81. The zero-order chi connectivity index (χ0) is 18.0. The van der Waals surface area contributed by atoms with Gasteiger partial charge < -0.3 is 19.3 Å². The highest BCUT2D eigenvalue weighted by atomic mass is 32.2. The molecule has 2 aliphatic rings. The molecule has 0 bridgehead atoms. The number of rotatable bonds is 4. The summed E-state index contributed by atoms with van der Waals surface area (Å²) in [5, 5.41) is 0. The SMILES string of the molecule is COc1ccc(C(=O)N2CC[NH+]([C@@H]3CCS(=O)(=O)C3)CC2)c(OC)c1. The number of carbonyl (C=O) groups excluding carboxylic acids is 1. The van der Waals surface area contributed by atoms with Gasteiger partial charge in [-0.15, -0.1) is 0 Å². The van der Waals surface area contributed by atoms with Gasteiger partial charge in [0.2, 0.25) is 0 Å². The van der Waals surface area contributed by atoms with Crippen molar-refractivity contribution in [3.05, 3.63) is 23.8 Å². The van der Waals surface area contributed by atoms with E-state index >= 15 is 0 Å². The molecule has 0 aromatic heterocycles. The fourth-order valence-electron chi connectivity index (χ4n) is 3.67. The van der Waals surface area contributed by atoms with Crippen molar-refractivity contribution in [2.75, 3.05) is 51.9 Å². The topological polar surface area (TPSA) is 77.4 Å². The van der Waals surface area contributed by atoms with Crippen molar-refractivity contribution >= 4 is 15.7 Å². The lowest BCUT2D eigenvalue weighted by Crippen LogP contribution is -3.18. The van der Waals surface area contributed by atoms with Gasteiger partial charge in [0.1, 0.15) is 23.3 Å². The molecular weight excluding hydrogens is 344 g/mol. The Morgan fingerprint density at radius 1 is 1.20 bits per heavy atom. The molecule has 138 valence electrons. The Bertz CT molecular complexity index is 741. The van der Waals surface area contributed by atoms with Crippen LogP contribution in [-0.4, -0.2) is 77.2 Å². The van der Waals surface area contributed by atoms with Crippen LogP contribution in [-0.2, 0) is 9.84 Å². The number of benzene rings is 1. The monoisotopic (exact) mass is 369 g/mol. The van der Waals surface area contributed by atoms with Gasteiger partial charge in [-0.3, -0.25) is 4.79 Å². The summed E-state index contributed by atoms with van der Waals surface area (Å²) in [7, 11) is 0.244. The highest BCUT2D eigenvalue weighted by molar-refractivity contribution is 7.91. The van der Waals surface area contributed by atoms with E-state index in [1.54, 1.807) is 25.3 Å². The highest BCUT2D eigenvalue weighted by Crippen LogP contribution is 2.25. The number of nitrogens with zero attached hydrogens (tertiary/aromatic N) is 1. The molecule has 0 unspecified atom stereocenters. The molecule has 0 saturated carbocycles. The van der Waals surface area contributed by atoms with Crippen molar-refractivity contribution in [3.63, 3.8) is 0 Å². The number of methoxy groups -OCH3 is 2. The average molecular weight is 369 g/mol. The summed E-state index contributed by atoms with van der Waals surface area (Å²) in [5.41, 5.74) is 0.523. The first-order valence-corrected chi connectivity index (χ1v) is 10.3. The second-order valence-corrected chi connectivity index (χ2v) is 8.85. The molecule has 2 aliphatic heterocycles. The molecule has 1 aromatic rings. The van der Waals surface area contributed by atoms with Crippen LogP contribution in [0.2, 0.25) is 0 Å². The molecule has 7 nitrogen and oxygen atoms in total. The lowest BCUT2D eigenvalue weighted by Gasteiger charge is -2.35. The van der Waals surface area contributed by atoms with E-state index in [1.165, 1.54) is 12.0 Å². The number of hydrogen-bond acceptors (Lipinski definition) is 5. The summed E-state index contributed by atoms with van der Waals surface area (Å²) in [5.74, 6) is 1.67. The summed E-state index contributed by atoms with van der Waals surface area (Å²) >= 11 is 0. The first kappa shape index (κ1) is 18.0. The third-order valence-corrected chi connectivity index (χ3v) is 6.91. The predicted molar refractivity (Wildman–Crippen MR) is 93.2 cm³/mol. The summed E-state index contributed by atoms with van der Waals surface area (Å²) in [4.78, 5) is 15.9. The summed E-state index contributed by atoms with van der Waals surface area (Å²) in [6, 6.07) is 5.36. The normalized spacial score (nSPS) is 23.4. The van der Waals surface area contributed by atoms with E-state index in [0.29, 0.717) is 35.9 Å². The van der Waals surface area contributed by atoms with E-state index in [-0.39, 0.29) is 17.7 Å². The van der Waals surface area contributed by atoms with Crippen molar-refractivity contribution in [2.45, 2.75) is 12.5 Å². The van der Waals surface area contributed by atoms with Crippen LogP contribution < -0.4 is 14.4 Å². The minimum atomic E-state index is -2.86. The van der Waals surface area contributed by atoms with Gasteiger partial charge in [-0.1, -0.05) is 0 Å². The number of quaternary nitrogens is 1. The number of amides is 1. The molecule has 1 amide bonds. The Labute approximate surface area is 148 Å². The Morgan fingerprint density at radius 2 is 1.92 bits per heavy atom. The van der Waals surface area contributed by atoms with E-state index < -0.39 is 9.84 Å². The van der Waals surface area contributed by atoms with Crippen LogP contribution in [0.15, 0.2) is 18.2 Å². The van der Waals surface area contributed by atoms with Gasteiger partial charge in [0.25, 0.3) is 5.91 Å². The van der Waals surface area contributed by atoms with Gasteiger partial charge in [0.15, 0.2) is 9.84 Å². The first-order valence-electron chi connectivity index (χ1n) is 8.50. The maximum Gasteiger partial charge on any atom is 0.258 e. The van der Waals surface area contributed by atoms with Gasteiger partial charge in [-0.25, -0.2) is 8.42 Å². The van der Waals surface area contributed by atoms with Gasteiger partial charge in [-0.05, 0) is 12.1 Å². The molecule has 2 saturated heterocycles. The fourth-order valence-corrected chi connectivity index (χ4v) is 5.49. The summed E-state index contributed by atoms with van der Waals surface area (Å²) < 4.78 is 33.8. The van der Waals surface area contributed by atoms with Gasteiger partial charge in [0, 0.05) is 12.5 Å². The van der Waals surface area contributed by atoms with Crippen LogP contribution >= 0.6 is 0 Å². The fraction of sp³-hybridized carbons (Fsp3) is 0.588. The molecule has 2 fully saturated rings. The quantitative estimate of drug-likeness (QED) is 0.754. The second-order valence-electron chi connectivity index (χ2n) is 6.62. The molecule has 1 atom stereocenters. The molecule has 0 aliphatic carbocycles. The molecule has 1 N–H and O–H groups in total. The molecule has 0 radical (unpaired) electrons. The Kier molecular flexibility index (Phi) is 5.19. The average Bonchev–Trinajstić information content (AvgIpc) is 3.00. The van der Waals surface area contributed by atoms with Crippen LogP contribution in [0.5, 0.6) is 11.5 Å². The van der Waals surface area contributed by atoms with Crippen molar-refractivity contribution in [2.24, 2.45) is 0 Å². The molecule has 0 spiro atoms. The Balaban J connectivity index is 1.64. The molecule has 8 heteroatoms. The van der Waals surface area contributed by atoms with Crippen LogP contribution in [0.1, 0.15) is 16.8 Å². The van der Waals surface area contributed by atoms with Crippen LogP contribution in [0.25, 0.3) is 0 Å². The van der Waals surface area contributed by atoms with E-state index in [1.807, 2.05) is 4.90 Å². The number of piperazine rings is 1. The lowest BCUT2D eigenvalue weighted by atomic mass is 10.1. The number of carbonyl (C=O) groups is 1. The Morgan fingerprint density at radius 3 is 2.48 bits per heavy atom. The van der Waals surface area contributed by atoms with Crippen molar-refractivity contribution in [1.29, 1.82) is 0 Å². The molecule has 25 heavy (non-hydrogen) atoms. The van der Waals surface area contributed by atoms with Crippen molar-refractivity contribution < 1.29 is 27.6 Å². The van der Waals surface area contributed by atoms with E-state index in [4.69, 9.17) is 9.47 Å². The minimum Gasteiger partial charge on any atom is -0.497 e. The zero-order valence-corrected chi connectivity index (χ0v) is 15.5. The lowest BCUT2D eigenvalue weighted by molar-refractivity contribution is -0.925. The Hall–Kier alpha value is -1.80. The summed E-state index contributed by atoms with van der Waals surface area (Å²) in [6.07, 6.45) is 0.734. The van der Waals surface area contributed by atoms with Gasteiger partial charge in [0.05, 0.1) is 51.7 Å². The smallest absolute Gasteiger partial charge is 0.258 e. The molecular formula is C17H25N2O5S+. The number of sulfone groups is 1. The minimum absolute atomic E-state index is 0.0578. The van der Waals surface area contributed by atoms with E-state index in [0.717, 1.165) is 19.5 Å². The van der Waals surface area contributed by atoms with Gasteiger partial charge in [-0.2, -0.15) is 0 Å².